The van der Waals surface area contributed by atoms with Gasteiger partial charge in [0, 0.05) is 23.9 Å². The number of anilines is 1. The van der Waals surface area contributed by atoms with Gasteiger partial charge >= 0.3 is 5.97 Å². The van der Waals surface area contributed by atoms with E-state index in [-0.39, 0.29) is 6.61 Å². The summed E-state index contributed by atoms with van der Waals surface area (Å²) in [4.78, 5) is 32.1. The Morgan fingerprint density at radius 2 is 2.05 bits per heavy atom. The van der Waals surface area contributed by atoms with Crippen LogP contribution in [0.3, 0.4) is 0 Å². The van der Waals surface area contributed by atoms with E-state index in [1.165, 1.54) is 6.07 Å². The Kier molecular flexibility index (Phi) is 5.09. The fraction of sp³-hybridized carbons (Fsp3) is 0.0833. The number of rotatable bonds is 6. The predicted octanol–water partition coefficient (Wildman–Crippen LogP) is 0.130. The Morgan fingerprint density at radius 3 is 2.68 bits per heavy atom. The lowest BCUT2D eigenvalue weighted by Crippen LogP contribution is -2.20. The molecule has 0 aromatic heterocycles. The minimum Gasteiger partial charge on any atom is -0.484 e. The van der Waals surface area contributed by atoms with E-state index in [2.05, 4.69) is 5.32 Å². The number of aliphatic carboxylic acids is 1. The molecule has 19 heavy (non-hydrogen) atoms. The first kappa shape index (κ1) is 14.2. The van der Waals surface area contributed by atoms with Crippen LogP contribution >= 0.6 is 0 Å². The van der Waals surface area contributed by atoms with Gasteiger partial charge in [-0.25, -0.2) is 4.79 Å². The summed E-state index contributed by atoms with van der Waals surface area (Å²) in [5.41, 5.74) is 5.33. The zero-order valence-electron chi connectivity index (χ0n) is 9.83. The maximum absolute atomic E-state index is 11.3. The maximum Gasteiger partial charge on any atom is 0.328 e. The lowest BCUT2D eigenvalue weighted by molar-refractivity contribution is -0.131. The summed E-state index contributed by atoms with van der Waals surface area (Å²) in [5.74, 6) is -2.05. The van der Waals surface area contributed by atoms with E-state index in [4.69, 9.17) is 15.6 Å². The lowest BCUT2D eigenvalue weighted by Gasteiger charge is -2.06. The summed E-state index contributed by atoms with van der Waals surface area (Å²) in [6.07, 6.45) is 1.61. The van der Waals surface area contributed by atoms with Gasteiger partial charge < -0.3 is 20.9 Å². The Morgan fingerprint density at radius 1 is 1.32 bits per heavy atom. The molecule has 0 saturated heterocycles. The number of hydrogen-bond donors (Lipinski definition) is 3. The van der Waals surface area contributed by atoms with Crippen LogP contribution in [0.2, 0.25) is 0 Å². The zero-order chi connectivity index (χ0) is 14.3. The molecule has 0 aliphatic carbocycles. The zero-order valence-corrected chi connectivity index (χ0v) is 9.83. The smallest absolute Gasteiger partial charge is 0.328 e. The Hall–Kier alpha value is -2.83. The van der Waals surface area contributed by atoms with Crippen LogP contribution in [0.4, 0.5) is 5.69 Å². The molecule has 1 aromatic carbocycles. The van der Waals surface area contributed by atoms with Crippen molar-refractivity contribution >= 4 is 23.5 Å². The number of primary amides is 1. The van der Waals surface area contributed by atoms with Gasteiger partial charge in [0.25, 0.3) is 5.91 Å². The normalized spacial score (nSPS) is 10.1. The van der Waals surface area contributed by atoms with Gasteiger partial charge in [-0.2, -0.15) is 0 Å². The summed E-state index contributed by atoms with van der Waals surface area (Å²) < 4.78 is 5.05. The molecule has 0 saturated carbocycles. The molecule has 0 aliphatic heterocycles. The number of amides is 2. The SMILES string of the molecule is NC(=O)COc1cccc(NC(=O)/C=C/C(=O)O)c1. The Bertz CT molecular complexity index is 525. The van der Waals surface area contributed by atoms with Crippen LogP contribution < -0.4 is 15.8 Å². The van der Waals surface area contributed by atoms with Crippen molar-refractivity contribution in [3.8, 4) is 5.75 Å². The van der Waals surface area contributed by atoms with Gasteiger partial charge in [0.2, 0.25) is 5.91 Å². The Labute approximate surface area is 108 Å². The van der Waals surface area contributed by atoms with E-state index in [0.29, 0.717) is 11.4 Å². The van der Waals surface area contributed by atoms with Gasteiger partial charge in [-0.05, 0) is 12.1 Å². The first-order valence-electron chi connectivity index (χ1n) is 5.20. The van der Waals surface area contributed by atoms with Crippen molar-refractivity contribution in [2.45, 2.75) is 0 Å². The molecule has 0 unspecified atom stereocenters. The van der Waals surface area contributed by atoms with Crippen molar-refractivity contribution in [2.24, 2.45) is 5.73 Å². The van der Waals surface area contributed by atoms with E-state index < -0.39 is 17.8 Å². The van der Waals surface area contributed by atoms with Crippen LogP contribution in [0, 0.1) is 0 Å². The molecule has 0 spiro atoms. The third-order valence-corrected chi connectivity index (χ3v) is 1.86. The molecule has 0 radical (unpaired) electrons. The maximum atomic E-state index is 11.3. The van der Waals surface area contributed by atoms with Crippen LogP contribution in [-0.2, 0) is 14.4 Å². The third kappa shape index (κ3) is 5.87. The van der Waals surface area contributed by atoms with Gasteiger partial charge in [0.15, 0.2) is 6.61 Å². The highest BCUT2D eigenvalue weighted by Crippen LogP contribution is 2.17. The number of hydrogen-bond acceptors (Lipinski definition) is 4. The average Bonchev–Trinajstić information content (AvgIpc) is 2.34. The number of carbonyl (C=O) groups is 3. The molecule has 0 atom stereocenters. The van der Waals surface area contributed by atoms with E-state index in [9.17, 15) is 14.4 Å². The number of carboxylic acid groups (broad SMARTS) is 1. The van der Waals surface area contributed by atoms with Crippen molar-refractivity contribution in [3.05, 3.63) is 36.4 Å². The molecule has 1 aromatic rings. The van der Waals surface area contributed by atoms with Crippen LogP contribution in [0.15, 0.2) is 36.4 Å². The van der Waals surface area contributed by atoms with E-state index >= 15 is 0 Å². The van der Waals surface area contributed by atoms with Crippen molar-refractivity contribution < 1.29 is 24.2 Å². The molecule has 0 bridgehead atoms. The summed E-state index contributed by atoms with van der Waals surface area (Å²) in [5, 5.41) is 10.8. The first-order valence-corrected chi connectivity index (χ1v) is 5.20. The quantitative estimate of drug-likeness (QED) is 0.631. The minimum atomic E-state index is -1.21. The van der Waals surface area contributed by atoms with Gasteiger partial charge in [-0.15, -0.1) is 0 Å². The molecule has 100 valence electrons. The van der Waals surface area contributed by atoms with Gasteiger partial charge in [0.1, 0.15) is 5.75 Å². The van der Waals surface area contributed by atoms with Crippen molar-refractivity contribution in [3.63, 3.8) is 0 Å². The monoisotopic (exact) mass is 264 g/mol. The van der Waals surface area contributed by atoms with Crippen LogP contribution in [0.5, 0.6) is 5.75 Å². The number of carbonyl (C=O) groups excluding carboxylic acids is 2. The lowest BCUT2D eigenvalue weighted by atomic mass is 10.3. The summed E-state index contributed by atoms with van der Waals surface area (Å²) in [6.45, 7) is -0.268. The molecule has 0 fully saturated rings. The molecule has 1 rings (SSSR count). The van der Waals surface area contributed by atoms with Crippen molar-refractivity contribution in [1.29, 1.82) is 0 Å². The molecule has 7 nitrogen and oxygen atoms in total. The van der Waals surface area contributed by atoms with Gasteiger partial charge in [-0.1, -0.05) is 6.07 Å². The third-order valence-electron chi connectivity index (χ3n) is 1.86. The van der Waals surface area contributed by atoms with E-state index in [1.807, 2.05) is 0 Å². The second-order valence-corrected chi connectivity index (χ2v) is 3.44. The van der Waals surface area contributed by atoms with Gasteiger partial charge in [0.05, 0.1) is 0 Å². The summed E-state index contributed by atoms with van der Waals surface area (Å²) in [7, 11) is 0. The minimum absolute atomic E-state index is 0.268. The fourth-order valence-electron chi connectivity index (χ4n) is 1.15. The van der Waals surface area contributed by atoms with Crippen LogP contribution in [-0.4, -0.2) is 29.5 Å². The second kappa shape index (κ2) is 6.80. The number of nitrogens with two attached hydrogens (primary N) is 1. The highest BCUT2D eigenvalue weighted by molar-refractivity contribution is 6.02. The molecule has 2 amide bonds. The number of ether oxygens (including phenoxy) is 1. The van der Waals surface area contributed by atoms with E-state index in [1.54, 1.807) is 18.2 Å². The molecule has 7 heteroatoms. The molecular formula is C12H12N2O5. The largest absolute Gasteiger partial charge is 0.484 e. The summed E-state index contributed by atoms with van der Waals surface area (Å²) >= 11 is 0. The molecular weight excluding hydrogens is 252 g/mol. The summed E-state index contributed by atoms with van der Waals surface area (Å²) in [6, 6.07) is 6.26. The van der Waals surface area contributed by atoms with Crippen molar-refractivity contribution in [1.82, 2.24) is 0 Å². The first-order chi connectivity index (χ1) is 8.97. The molecule has 4 N–H and O–H groups in total. The molecule has 0 heterocycles. The second-order valence-electron chi connectivity index (χ2n) is 3.44. The average molecular weight is 264 g/mol. The number of carboxylic acids is 1. The Balaban J connectivity index is 2.63. The van der Waals surface area contributed by atoms with Crippen LogP contribution in [0.1, 0.15) is 0 Å². The number of benzene rings is 1. The topological polar surface area (TPSA) is 119 Å². The standard InChI is InChI=1S/C12H12N2O5/c13-10(15)7-19-9-3-1-2-8(6-9)14-11(16)4-5-12(17)18/h1-6H,7H2,(H2,13,15)(H,14,16)(H,17,18)/b5-4+. The highest BCUT2D eigenvalue weighted by Gasteiger charge is 2.02. The number of nitrogens with one attached hydrogen (secondary N) is 1. The fourth-order valence-corrected chi connectivity index (χ4v) is 1.15. The van der Waals surface area contributed by atoms with Crippen LogP contribution in [0.25, 0.3) is 0 Å². The highest BCUT2D eigenvalue weighted by atomic mass is 16.5. The van der Waals surface area contributed by atoms with E-state index in [0.717, 1.165) is 12.2 Å². The van der Waals surface area contributed by atoms with Gasteiger partial charge in [-0.3, -0.25) is 9.59 Å². The predicted molar refractivity (Wildman–Crippen MR) is 66.5 cm³/mol. The molecule has 0 aliphatic rings. The van der Waals surface area contributed by atoms with Crippen molar-refractivity contribution in [2.75, 3.05) is 11.9 Å².